The summed E-state index contributed by atoms with van der Waals surface area (Å²) in [5.74, 6) is -0.376. The zero-order valence-electron chi connectivity index (χ0n) is 9.99. The molecule has 2 aromatic rings. The van der Waals surface area contributed by atoms with Crippen LogP contribution in [0, 0.1) is 0 Å². The van der Waals surface area contributed by atoms with Crippen molar-refractivity contribution < 1.29 is 23.0 Å². The van der Waals surface area contributed by atoms with E-state index in [0.29, 0.717) is 5.56 Å². The summed E-state index contributed by atoms with van der Waals surface area (Å²) in [4.78, 5) is 3.95. The van der Waals surface area contributed by atoms with Gasteiger partial charge in [0.15, 0.2) is 0 Å². The molecular formula is C13H9ClF3NO2. The Morgan fingerprint density at radius 1 is 1.20 bits per heavy atom. The van der Waals surface area contributed by atoms with Crippen molar-refractivity contribution in [2.45, 2.75) is 13.0 Å². The number of hydrogen-bond donors (Lipinski definition) is 1. The van der Waals surface area contributed by atoms with Gasteiger partial charge >= 0.3 is 6.36 Å². The molecule has 0 amide bonds. The van der Waals surface area contributed by atoms with Gasteiger partial charge in [0.05, 0.1) is 12.3 Å². The monoisotopic (exact) mass is 303 g/mol. The maximum absolute atomic E-state index is 12.4. The lowest BCUT2D eigenvalue weighted by atomic mass is 10.1. The summed E-state index contributed by atoms with van der Waals surface area (Å²) in [5.41, 5.74) is 0.783. The molecule has 0 spiro atoms. The first-order chi connectivity index (χ1) is 9.39. The fraction of sp³-hybridized carbons (Fsp3) is 0.154. The number of aliphatic hydroxyl groups is 1. The van der Waals surface area contributed by atoms with Crippen LogP contribution in [0.25, 0.3) is 11.3 Å². The highest BCUT2D eigenvalue weighted by atomic mass is 35.5. The molecular weight excluding hydrogens is 295 g/mol. The maximum Gasteiger partial charge on any atom is 0.573 e. The first kappa shape index (κ1) is 14.6. The van der Waals surface area contributed by atoms with E-state index in [2.05, 4.69) is 9.72 Å². The van der Waals surface area contributed by atoms with E-state index >= 15 is 0 Å². The van der Waals surface area contributed by atoms with Gasteiger partial charge in [-0.3, -0.25) is 0 Å². The Morgan fingerprint density at radius 2 is 1.90 bits per heavy atom. The average Bonchev–Trinajstić information content (AvgIpc) is 2.36. The second kappa shape index (κ2) is 5.68. The second-order valence-electron chi connectivity index (χ2n) is 3.89. The molecule has 0 radical (unpaired) electrons. The number of aliphatic hydroxyl groups excluding tert-OH is 1. The smallest absolute Gasteiger partial charge is 0.405 e. The van der Waals surface area contributed by atoms with Crippen LogP contribution in [0.15, 0.2) is 36.4 Å². The lowest BCUT2D eigenvalue weighted by molar-refractivity contribution is -0.274. The van der Waals surface area contributed by atoms with E-state index in [-0.39, 0.29) is 28.8 Å². The molecule has 1 N–H and O–H groups in total. The topological polar surface area (TPSA) is 42.4 Å². The minimum Gasteiger partial charge on any atom is -0.405 e. The molecule has 106 valence electrons. The van der Waals surface area contributed by atoms with Crippen molar-refractivity contribution in [3.63, 3.8) is 0 Å². The summed E-state index contributed by atoms with van der Waals surface area (Å²) < 4.78 is 41.0. The molecule has 0 aliphatic heterocycles. The molecule has 0 atom stereocenters. The molecule has 7 heteroatoms. The summed E-state index contributed by atoms with van der Waals surface area (Å²) in [6, 6.07) is 8.47. The van der Waals surface area contributed by atoms with Gasteiger partial charge in [-0.2, -0.15) is 0 Å². The third-order valence-corrected chi connectivity index (χ3v) is 2.62. The van der Waals surface area contributed by atoms with Crippen molar-refractivity contribution in [2.24, 2.45) is 0 Å². The van der Waals surface area contributed by atoms with E-state index in [1.165, 1.54) is 30.3 Å². The largest absolute Gasteiger partial charge is 0.573 e. The minimum absolute atomic E-state index is 0.0772. The fourth-order valence-corrected chi connectivity index (χ4v) is 1.90. The highest BCUT2D eigenvalue weighted by Crippen LogP contribution is 2.33. The van der Waals surface area contributed by atoms with Crippen LogP contribution in [-0.4, -0.2) is 16.5 Å². The molecule has 0 bridgehead atoms. The van der Waals surface area contributed by atoms with Crippen molar-refractivity contribution >= 4 is 11.6 Å². The molecule has 0 aliphatic carbocycles. The van der Waals surface area contributed by atoms with E-state index < -0.39 is 6.36 Å². The third-order valence-electron chi connectivity index (χ3n) is 2.43. The van der Waals surface area contributed by atoms with Crippen molar-refractivity contribution in [3.8, 4) is 17.0 Å². The van der Waals surface area contributed by atoms with E-state index in [4.69, 9.17) is 16.7 Å². The van der Waals surface area contributed by atoms with E-state index in [1.807, 2.05) is 0 Å². The Labute approximate surface area is 117 Å². The number of alkyl halides is 3. The maximum atomic E-state index is 12.4. The van der Waals surface area contributed by atoms with Crippen LogP contribution < -0.4 is 4.74 Å². The number of hydrogen-bond acceptors (Lipinski definition) is 3. The van der Waals surface area contributed by atoms with E-state index in [0.717, 1.165) is 0 Å². The Balaban J connectivity index is 2.50. The number of aromatic nitrogens is 1. The van der Waals surface area contributed by atoms with Gasteiger partial charge in [-0.1, -0.05) is 23.7 Å². The lowest BCUT2D eigenvalue weighted by Gasteiger charge is -2.13. The van der Waals surface area contributed by atoms with Crippen molar-refractivity contribution in [2.75, 3.05) is 0 Å². The summed E-state index contributed by atoms with van der Waals surface area (Å²) in [7, 11) is 0. The van der Waals surface area contributed by atoms with Crippen LogP contribution >= 0.6 is 11.6 Å². The molecule has 0 unspecified atom stereocenters. The first-order valence-electron chi connectivity index (χ1n) is 5.51. The molecule has 0 fully saturated rings. The van der Waals surface area contributed by atoms with Gasteiger partial charge in [0.1, 0.15) is 10.9 Å². The Kier molecular flexibility index (Phi) is 4.15. The molecule has 2 rings (SSSR count). The van der Waals surface area contributed by atoms with Gasteiger partial charge in [-0.25, -0.2) is 4.98 Å². The van der Waals surface area contributed by atoms with Gasteiger partial charge in [0, 0.05) is 5.56 Å². The molecule has 0 aliphatic rings. The van der Waals surface area contributed by atoms with Crippen LogP contribution in [0.4, 0.5) is 13.2 Å². The van der Waals surface area contributed by atoms with Gasteiger partial charge in [0.25, 0.3) is 0 Å². The predicted molar refractivity (Wildman–Crippen MR) is 67.3 cm³/mol. The molecule has 3 nitrogen and oxygen atoms in total. The standard InChI is InChI=1S/C13H9ClF3NO2/c14-12-6-8(7-19)5-10(18-12)9-3-1-2-4-11(9)20-13(15,16)17/h1-6,19H,7H2. The normalized spacial score (nSPS) is 11.4. The summed E-state index contributed by atoms with van der Waals surface area (Å²) in [6.07, 6.45) is -4.80. The van der Waals surface area contributed by atoms with Crippen molar-refractivity contribution in [1.82, 2.24) is 4.98 Å². The van der Waals surface area contributed by atoms with Crippen molar-refractivity contribution in [1.29, 1.82) is 0 Å². The van der Waals surface area contributed by atoms with Crippen LogP contribution in [0.5, 0.6) is 5.75 Å². The SMILES string of the molecule is OCc1cc(Cl)nc(-c2ccccc2OC(F)(F)F)c1. The molecule has 1 aromatic carbocycles. The number of ether oxygens (including phenoxy) is 1. The molecule has 1 heterocycles. The van der Waals surface area contributed by atoms with Crippen LogP contribution in [0.3, 0.4) is 0 Å². The average molecular weight is 304 g/mol. The first-order valence-corrected chi connectivity index (χ1v) is 5.89. The van der Waals surface area contributed by atoms with Gasteiger partial charge in [-0.05, 0) is 29.8 Å². The Bertz CT molecular complexity index is 617. The summed E-state index contributed by atoms with van der Waals surface area (Å²) in [5, 5.41) is 9.17. The number of rotatable bonds is 3. The number of benzene rings is 1. The fourth-order valence-electron chi connectivity index (χ4n) is 1.67. The Morgan fingerprint density at radius 3 is 2.55 bits per heavy atom. The summed E-state index contributed by atoms with van der Waals surface area (Å²) >= 11 is 5.78. The molecule has 0 saturated carbocycles. The van der Waals surface area contributed by atoms with Gasteiger partial charge < -0.3 is 9.84 Å². The number of nitrogens with zero attached hydrogens (tertiary/aromatic N) is 1. The number of para-hydroxylation sites is 1. The van der Waals surface area contributed by atoms with Crippen molar-refractivity contribution in [3.05, 3.63) is 47.1 Å². The summed E-state index contributed by atoms with van der Waals surface area (Å²) in [6.45, 7) is -0.294. The lowest BCUT2D eigenvalue weighted by Crippen LogP contribution is -2.17. The zero-order chi connectivity index (χ0) is 14.8. The van der Waals surface area contributed by atoms with Crippen LogP contribution in [0.1, 0.15) is 5.56 Å². The predicted octanol–water partition coefficient (Wildman–Crippen LogP) is 3.79. The van der Waals surface area contributed by atoms with Crippen LogP contribution in [-0.2, 0) is 6.61 Å². The zero-order valence-corrected chi connectivity index (χ0v) is 10.7. The highest BCUT2D eigenvalue weighted by molar-refractivity contribution is 6.29. The highest BCUT2D eigenvalue weighted by Gasteiger charge is 2.32. The number of halogens is 4. The van der Waals surface area contributed by atoms with Gasteiger partial charge in [0.2, 0.25) is 0 Å². The second-order valence-corrected chi connectivity index (χ2v) is 4.27. The van der Waals surface area contributed by atoms with Gasteiger partial charge in [-0.15, -0.1) is 13.2 Å². The van der Waals surface area contributed by atoms with Crippen LogP contribution in [0.2, 0.25) is 5.15 Å². The molecule has 0 saturated heterocycles. The number of pyridine rings is 1. The quantitative estimate of drug-likeness (QED) is 0.877. The molecule has 1 aromatic heterocycles. The third kappa shape index (κ3) is 3.61. The Hall–Kier alpha value is -1.79. The van der Waals surface area contributed by atoms with E-state index in [9.17, 15) is 13.2 Å². The van der Waals surface area contributed by atoms with E-state index in [1.54, 1.807) is 6.07 Å². The minimum atomic E-state index is -4.80. The molecule has 20 heavy (non-hydrogen) atoms.